The summed E-state index contributed by atoms with van der Waals surface area (Å²) < 4.78 is 17.5. The minimum Gasteiger partial charge on any atom is -0.377 e. The molecule has 1 fully saturated rings. The number of hydrogen-bond acceptors (Lipinski definition) is 3. The second-order valence-corrected chi connectivity index (χ2v) is 7.16. The van der Waals surface area contributed by atoms with Crippen molar-refractivity contribution in [2.24, 2.45) is 5.41 Å². The molecule has 0 aliphatic carbocycles. The van der Waals surface area contributed by atoms with Crippen LogP contribution in [-0.2, 0) is 15.5 Å². The van der Waals surface area contributed by atoms with Crippen LogP contribution in [0.3, 0.4) is 0 Å². The van der Waals surface area contributed by atoms with E-state index in [1.165, 1.54) is 0 Å². The maximum atomic E-state index is 12.0. The molecule has 4 heteroatoms. The summed E-state index contributed by atoms with van der Waals surface area (Å²) in [5, 5.41) is 3.26. The molecule has 0 radical (unpaired) electrons. The minimum atomic E-state index is -0.774. The second-order valence-electron chi connectivity index (χ2n) is 5.62. The van der Waals surface area contributed by atoms with Gasteiger partial charge in [-0.3, -0.25) is 4.21 Å². The Morgan fingerprint density at radius 2 is 2.19 bits per heavy atom. The van der Waals surface area contributed by atoms with Gasteiger partial charge in [0, 0.05) is 35.0 Å². The summed E-state index contributed by atoms with van der Waals surface area (Å²) in [6.07, 6.45) is 2.43. The van der Waals surface area contributed by atoms with Gasteiger partial charge in [0.2, 0.25) is 0 Å². The molecule has 1 rings (SSSR count). The smallest absolute Gasteiger partial charge is 0.0691 e. The Morgan fingerprint density at radius 3 is 2.62 bits per heavy atom. The molecule has 16 heavy (non-hydrogen) atoms. The average Bonchev–Trinajstić information content (AvgIpc) is 2.64. The molecule has 96 valence electrons. The third-order valence-corrected chi connectivity index (χ3v) is 4.59. The number of hydrogen-bond donors (Lipinski definition) is 1. The highest BCUT2D eigenvalue weighted by Gasteiger charge is 2.26. The van der Waals surface area contributed by atoms with Gasteiger partial charge in [-0.1, -0.05) is 20.8 Å². The van der Waals surface area contributed by atoms with Gasteiger partial charge < -0.3 is 10.1 Å². The number of ether oxygens (including phenoxy) is 1. The van der Waals surface area contributed by atoms with E-state index in [-0.39, 0.29) is 11.5 Å². The molecule has 1 aliphatic heterocycles. The Bertz CT molecular complexity index is 232. The summed E-state index contributed by atoms with van der Waals surface area (Å²) in [5.41, 5.74) is 0.154. The van der Waals surface area contributed by atoms with Gasteiger partial charge in [0.05, 0.1) is 6.10 Å². The molecule has 1 saturated heterocycles. The van der Waals surface area contributed by atoms with Crippen molar-refractivity contribution in [3.8, 4) is 0 Å². The number of rotatable bonds is 5. The van der Waals surface area contributed by atoms with Crippen molar-refractivity contribution in [3.63, 3.8) is 0 Å². The Balaban J connectivity index is 2.36. The van der Waals surface area contributed by atoms with Gasteiger partial charge in [0.1, 0.15) is 0 Å². The summed E-state index contributed by atoms with van der Waals surface area (Å²) in [5.74, 6) is 1.42. The molecule has 1 N–H and O–H groups in total. The number of nitrogens with one attached hydrogen (secondary N) is 1. The van der Waals surface area contributed by atoms with E-state index < -0.39 is 10.8 Å². The van der Waals surface area contributed by atoms with E-state index in [4.69, 9.17) is 4.74 Å². The van der Waals surface area contributed by atoms with E-state index in [0.29, 0.717) is 11.8 Å². The fourth-order valence-corrected chi connectivity index (χ4v) is 3.86. The first-order valence-electron chi connectivity index (χ1n) is 6.07. The maximum absolute atomic E-state index is 12.0. The first-order valence-corrected chi connectivity index (χ1v) is 7.56. The van der Waals surface area contributed by atoms with Crippen LogP contribution in [-0.4, -0.2) is 41.5 Å². The molecule has 3 atom stereocenters. The lowest BCUT2D eigenvalue weighted by atomic mass is 9.88. The van der Waals surface area contributed by atoms with Crippen LogP contribution in [0.2, 0.25) is 0 Å². The van der Waals surface area contributed by atoms with E-state index in [1.54, 1.807) is 0 Å². The molecule has 1 aliphatic rings. The van der Waals surface area contributed by atoms with Crippen molar-refractivity contribution in [3.05, 3.63) is 0 Å². The predicted molar refractivity (Wildman–Crippen MR) is 69.2 cm³/mol. The summed E-state index contributed by atoms with van der Waals surface area (Å²) in [6, 6.07) is 0.301. The van der Waals surface area contributed by atoms with Crippen LogP contribution in [0.25, 0.3) is 0 Å². The highest BCUT2D eigenvalue weighted by molar-refractivity contribution is 7.85. The molecule has 0 aromatic heterocycles. The summed E-state index contributed by atoms with van der Waals surface area (Å²) in [4.78, 5) is 0. The van der Waals surface area contributed by atoms with Crippen molar-refractivity contribution >= 4 is 10.8 Å². The quantitative estimate of drug-likeness (QED) is 0.801. The Morgan fingerprint density at radius 1 is 1.50 bits per heavy atom. The lowest BCUT2D eigenvalue weighted by Gasteiger charge is -2.30. The average molecular weight is 247 g/mol. The normalized spacial score (nSPS) is 25.6. The predicted octanol–water partition coefficient (Wildman–Crippen LogP) is 1.55. The third kappa shape index (κ3) is 4.52. The third-order valence-electron chi connectivity index (χ3n) is 3.14. The molecule has 1 heterocycles. The summed E-state index contributed by atoms with van der Waals surface area (Å²) >= 11 is 0. The van der Waals surface area contributed by atoms with E-state index >= 15 is 0 Å². The molecule has 3 nitrogen and oxygen atoms in total. The molecule has 0 aromatic carbocycles. The first kappa shape index (κ1) is 14.1. The summed E-state index contributed by atoms with van der Waals surface area (Å²) in [6.45, 7) is 7.38. The summed E-state index contributed by atoms with van der Waals surface area (Å²) in [7, 11) is 1.17. The lowest BCUT2D eigenvalue weighted by molar-refractivity contribution is 0.128. The zero-order chi connectivity index (χ0) is 12.2. The molecule has 3 unspecified atom stereocenters. The van der Waals surface area contributed by atoms with Gasteiger partial charge in [0.25, 0.3) is 0 Å². The van der Waals surface area contributed by atoms with Gasteiger partial charge >= 0.3 is 0 Å². The van der Waals surface area contributed by atoms with Gasteiger partial charge in [-0.05, 0) is 25.3 Å². The van der Waals surface area contributed by atoms with Crippen LogP contribution >= 0.6 is 0 Å². The van der Waals surface area contributed by atoms with Crippen molar-refractivity contribution in [2.75, 3.05) is 25.2 Å². The van der Waals surface area contributed by atoms with Crippen molar-refractivity contribution in [1.29, 1.82) is 0 Å². The van der Waals surface area contributed by atoms with E-state index in [1.807, 2.05) is 7.05 Å². The second kappa shape index (κ2) is 6.12. The van der Waals surface area contributed by atoms with Crippen LogP contribution in [0.5, 0.6) is 0 Å². The Kier molecular flexibility index (Phi) is 5.41. The van der Waals surface area contributed by atoms with Crippen LogP contribution in [0.1, 0.15) is 33.6 Å². The molecule has 0 bridgehead atoms. The van der Waals surface area contributed by atoms with Crippen LogP contribution in [0.4, 0.5) is 0 Å². The van der Waals surface area contributed by atoms with Crippen LogP contribution in [0.15, 0.2) is 0 Å². The van der Waals surface area contributed by atoms with Crippen LogP contribution in [0, 0.1) is 5.41 Å². The monoisotopic (exact) mass is 247 g/mol. The molecular weight excluding hydrogens is 222 g/mol. The zero-order valence-electron chi connectivity index (χ0n) is 10.9. The van der Waals surface area contributed by atoms with Crippen molar-refractivity contribution < 1.29 is 8.95 Å². The topological polar surface area (TPSA) is 38.3 Å². The van der Waals surface area contributed by atoms with E-state index in [2.05, 4.69) is 26.1 Å². The Hall–Kier alpha value is 0.0700. The Labute approximate surface area is 102 Å². The SMILES string of the molecule is CNC(CS(=O)CC1CCCO1)C(C)(C)C. The highest BCUT2D eigenvalue weighted by Crippen LogP contribution is 2.20. The van der Waals surface area contributed by atoms with Gasteiger partial charge in [0.15, 0.2) is 0 Å². The van der Waals surface area contributed by atoms with Gasteiger partial charge in [-0.2, -0.15) is 0 Å². The maximum Gasteiger partial charge on any atom is 0.0691 e. The lowest BCUT2D eigenvalue weighted by Crippen LogP contribution is -2.43. The molecular formula is C12H25NO2S. The van der Waals surface area contributed by atoms with Crippen molar-refractivity contribution in [2.45, 2.75) is 45.8 Å². The fraction of sp³-hybridized carbons (Fsp3) is 1.00. The first-order chi connectivity index (χ1) is 7.43. The minimum absolute atomic E-state index is 0.154. The van der Waals surface area contributed by atoms with Crippen molar-refractivity contribution in [1.82, 2.24) is 5.32 Å². The van der Waals surface area contributed by atoms with Gasteiger partial charge in [-0.25, -0.2) is 0 Å². The molecule has 0 aromatic rings. The largest absolute Gasteiger partial charge is 0.377 e. The van der Waals surface area contributed by atoms with Crippen LogP contribution < -0.4 is 5.32 Å². The standard InChI is InChI=1S/C12H25NO2S/c1-12(2,3)11(13-4)9-16(14)8-10-6-5-7-15-10/h10-11,13H,5-9H2,1-4H3. The molecule has 0 spiro atoms. The van der Waals surface area contributed by atoms with E-state index in [9.17, 15) is 4.21 Å². The molecule has 0 amide bonds. The van der Waals surface area contributed by atoms with E-state index in [0.717, 1.165) is 25.2 Å². The van der Waals surface area contributed by atoms with Gasteiger partial charge in [-0.15, -0.1) is 0 Å². The zero-order valence-corrected chi connectivity index (χ0v) is 11.7. The molecule has 0 saturated carbocycles. The fourth-order valence-electron chi connectivity index (χ4n) is 2.00. The highest BCUT2D eigenvalue weighted by atomic mass is 32.2.